The highest BCUT2D eigenvalue weighted by Crippen LogP contribution is 2.18. The van der Waals surface area contributed by atoms with E-state index >= 15 is 0 Å². The van der Waals surface area contributed by atoms with Crippen molar-refractivity contribution in [3.8, 4) is 11.5 Å². The zero-order valence-corrected chi connectivity index (χ0v) is 10.7. The molecule has 0 saturated heterocycles. The Morgan fingerprint density at radius 3 is 2.79 bits per heavy atom. The maximum atomic E-state index is 11.5. The molecule has 0 amide bonds. The lowest BCUT2D eigenvalue weighted by atomic mass is 10.3. The van der Waals surface area contributed by atoms with Gasteiger partial charge in [-0.2, -0.15) is 0 Å². The van der Waals surface area contributed by atoms with E-state index in [0.29, 0.717) is 24.6 Å². The molecule has 0 aliphatic carbocycles. The van der Waals surface area contributed by atoms with Crippen LogP contribution in [-0.2, 0) is 6.54 Å². The van der Waals surface area contributed by atoms with E-state index in [1.807, 2.05) is 18.2 Å². The van der Waals surface area contributed by atoms with Gasteiger partial charge in [-0.05, 0) is 18.2 Å². The van der Waals surface area contributed by atoms with Crippen LogP contribution in [0.5, 0.6) is 11.5 Å². The molecule has 1 heterocycles. The predicted molar refractivity (Wildman–Crippen MR) is 73.6 cm³/mol. The summed E-state index contributed by atoms with van der Waals surface area (Å²) in [4.78, 5) is 11.5. The summed E-state index contributed by atoms with van der Waals surface area (Å²) in [5.41, 5.74) is 6.09. The lowest BCUT2D eigenvalue weighted by Gasteiger charge is -2.09. The fourth-order valence-corrected chi connectivity index (χ4v) is 1.68. The first-order chi connectivity index (χ1) is 9.19. The van der Waals surface area contributed by atoms with Gasteiger partial charge in [0.15, 0.2) is 0 Å². The van der Waals surface area contributed by atoms with Gasteiger partial charge in [-0.3, -0.25) is 4.79 Å². The normalized spacial score (nSPS) is 10.2. The molecular formula is C14H16N2O3. The number of rotatable bonds is 5. The molecule has 0 aliphatic heterocycles. The third kappa shape index (κ3) is 3.51. The Bertz CT molecular complexity index is 608. The molecule has 1 aromatic carbocycles. The molecule has 0 fully saturated rings. The number of hydrogen-bond acceptors (Lipinski definition) is 4. The molecule has 0 radical (unpaired) electrons. The molecule has 2 N–H and O–H groups in total. The van der Waals surface area contributed by atoms with E-state index in [0.717, 1.165) is 5.75 Å². The fraction of sp³-hybridized carbons (Fsp3) is 0.214. The molecule has 100 valence electrons. The molecule has 5 heteroatoms. The topological polar surface area (TPSA) is 66.5 Å². The summed E-state index contributed by atoms with van der Waals surface area (Å²) in [5.74, 6) is 1.44. The zero-order chi connectivity index (χ0) is 13.7. The number of methoxy groups -OCH3 is 1. The molecule has 19 heavy (non-hydrogen) atoms. The van der Waals surface area contributed by atoms with Gasteiger partial charge in [0.2, 0.25) is 0 Å². The molecule has 0 spiro atoms. The largest absolute Gasteiger partial charge is 0.497 e. The molecule has 2 aromatic rings. The Hall–Kier alpha value is -2.43. The van der Waals surface area contributed by atoms with E-state index < -0.39 is 0 Å². The van der Waals surface area contributed by atoms with E-state index in [9.17, 15) is 4.79 Å². The van der Waals surface area contributed by atoms with Crippen molar-refractivity contribution in [1.29, 1.82) is 0 Å². The summed E-state index contributed by atoms with van der Waals surface area (Å²) in [6.45, 7) is 0.831. The van der Waals surface area contributed by atoms with E-state index in [1.165, 1.54) is 10.6 Å². The smallest absolute Gasteiger partial charge is 0.250 e. The van der Waals surface area contributed by atoms with Crippen molar-refractivity contribution >= 4 is 5.69 Å². The Labute approximate surface area is 111 Å². The van der Waals surface area contributed by atoms with Gasteiger partial charge in [-0.1, -0.05) is 6.07 Å². The molecule has 1 aromatic heterocycles. The van der Waals surface area contributed by atoms with Crippen LogP contribution in [0.25, 0.3) is 0 Å². The third-order valence-corrected chi connectivity index (χ3v) is 2.65. The molecule has 0 bridgehead atoms. The maximum Gasteiger partial charge on any atom is 0.250 e. The number of aromatic nitrogens is 1. The number of anilines is 1. The summed E-state index contributed by atoms with van der Waals surface area (Å²) in [7, 11) is 1.60. The van der Waals surface area contributed by atoms with Crippen molar-refractivity contribution in [2.45, 2.75) is 6.54 Å². The number of benzene rings is 1. The summed E-state index contributed by atoms with van der Waals surface area (Å²) in [6.07, 6.45) is 1.61. The van der Waals surface area contributed by atoms with Crippen LogP contribution in [0.3, 0.4) is 0 Å². The van der Waals surface area contributed by atoms with E-state index in [4.69, 9.17) is 15.2 Å². The van der Waals surface area contributed by atoms with Crippen LogP contribution in [0.2, 0.25) is 0 Å². The van der Waals surface area contributed by atoms with Crippen molar-refractivity contribution in [3.63, 3.8) is 0 Å². The van der Waals surface area contributed by atoms with Crippen molar-refractivity contribution in [1.82, 2.24) is 4.57 Å². The third-order valence-electron chi connectivity index (χ3n) is 2.65. The van der Waals surface area contributed by atoms with Gasteiger partial charge in [0.1, 0.15) is 18.1 Å². The van der Waals surface area contributed by atoms with Gasteiger partial charge < -0.3 is 19.8 Å². The summed E-state index contributed by atoms with van der Waals surface area (Å²) >= 11 is 0. The molecule has 2 rings (SSSR count). The number of nitrogen functional groups attached to an aromatic ring is 1. The van der Waals surface area contributed by atoms with Crippen molar-refractivity contribution in [2.24, 2.45) is 0 Å². The number of pyridine rings is 1. The standard InChI is InChI=1S/C14H16N2O3/c1-18-12-3-2-4-13(9-12)19-8-7-16-10-11(15)5-6-14(16)17/h2-6,9-10H,7-8,15H2,1H3. The van der Waals surface area contributed by atoms with E-state index in [-0.39, 0.29) is 5.56 Å². The first-order valence-corrected chi connectivity index (χ1v) is 5.92. The number of hydrogen-bond donors (Lipinski definition) is 1. The van der Waals surface area contributed by atoms with Crippen LogP contribution < -0.4 is 20.8 Å². The molecule has 0 unspecified atom stereocenters. The quantitative estimate of drug-likeness (QED) is 0.885. The lowest BCUT2D eigenvalue weighted by Crippen LogP contribution is -2.22. The van der Waals surface area contributed by atoms with Crippen LogP contribution in [0.4, 0.5) is 5.69 Å². The van der Waals surface area contributed by atoms with Crippen molar-refractivity contribution in [3.05, 3.63) is 52.9 Å². The van der Waals surface area contributed by atoms with Gasteiger partial charge in [-0.15, -0.1) is 0 Å². The van der Waals surface area contributed by atoms with Crippen LogP contribution >= 0.6 is 0 Å². The van der Waals surface area contributed by atoms with Gasteiger partial charge in [-0.25, -0.2) is 0 Å². The van der Waals surface area contributed by atoms with Crippen molar-refractivity contribution < 1.29 is 9.47 Å². The molecule has 5 nitrogen and oxygen atoms in total. The van der Waals surface area contributed by atoms with Crippen LogP contribution in [0.15, 0.2) is 47.4 Å². The second kappa shape index (κ2) is 5.95. The average Bonchev–Trinajstić information content (AvgIpc) is 2.43. The van der Waals surface area contributed by atoms with Gasteiger partial charge in [0, 0.05) is 24.0 Å². The second-order valence-electron chi connectivity index (χ2n) is 4.02. The van der Waals surface area contributed by atoms with E-state index in [1.54, 1.807) is 25.4 Å². The summed E-state index contributed by atoms with van der Waals surface area (Å²) < 4.78 is 12.2. The van der Waals surface area contributed by atoms with Crippen molar-refractivity contribution in [2.75, 3.05) is 19.5 Å². The maximum absolute atomic E-state index is 11.5. The zero-order valence-electron chi connectivity index (χ0n) is 10.7. The molecule has 0 aliphatic rings. The minimum atomic E-state index is -0.0940. The highest BCUT2D eigenvalue weighted by Gasteiger charge is 1.99. The predicted octanol–water partition coefficient (Wildman–Crippen LogP) is 1.52. The molecule has 0 saturated carbocycles. The minimum absolute atomic E-state index is 0.0940. The first kappa shape index (κ1) is 13.0. The monoisotopic (exact) mass is 260 g/mol. The molecular weight excluding hydrogens is 244 g/mol. The summed E-state index contributed by atoms with van der Waals surface area (Å²) in [5, 5.41) is 0. The Morgan fingerprint density at radius 2 is 2.00 bits per heavy atom. The Morgan fingerprint density at radius 1 is 1.21 bits per heavy atom. The fourth-order valence-electron chi connectivity index (χ4n) is 1.68. The average molecular weight is 260 g/mol. The number of ether oxygens (including phenoxy) is 2. The Balaban J connectivity index is 1.96. The molecule has 0 atom stereocenters. The van der Waals surface area contributed by atoms with Crippen LogP contribution in [-0.4, -0.2) is 18.3 Å². The van der Waals surface area contributed by atoms with E-state index in [2.05, 4.69) is 0 Å². The second-order valence-corrected chi connectivity index (χ2v) is 4.02. The lowest BCUT2D eigenvalue weighted by molar-refractivity contribution is 0.294. The summed E-state index contributed by atoms with van der Waals surface area (Å²) in [6, 6.07) is 10.4. The highest BCUT2D eigenvalue weighted by molar-refractivity contribution is 5.34. The van der Waals surface area contributed by atoms with Gasteiger partial charge >= 0.3 is 0 Å². The van der Waals surface area contributed by atoms with Crippen LogP contribution in [0.1, 0.15) is 0 Å². The van der Waals surface area contributed by atoms with Gasteiger partial charge in [0.25, 0.3) is 5.56 Å². The van der Waals surface area contributed by atoms with Crippen LogP contribution in [0, 0.1) is 0 Å². The van der Waals surface area contributed by atoms with Gasteiger partial charge in [0.05, 0.1) is 13.7 Å². The Kier molecular flexibility index (Phi) is 4.07. The number of nitrogens with two attached hydrogens (primary N) is 1. The minimum Gasteiger partial charge on any atom is -0.497 e. The number of nitrogens with zero attached hydrogens (tertiary/aromatic N) is 1. The highest BCUT2D eigenvalue weighted by atomic mass is 16.5. The first-order valence-electron chi connectivity index (χ1n) is 5.92. The SMILES string of the molecule is COc1cccc(OCCn2cc(N)ccc2=O)c1.